The molecule has 6 rings (SSSR count). The molecule has 0 aromatic heterocycles. The van der Waals surface area contributed by atoms with Gasteiger partial charge in [0.25, 0.3) is 0 Å². The van der Waals surface area contributed by atoms with Gasteiger partial charge in [0.15, 0.2) is 11.2 Å². The van der Waals surface area contributed by atoms with Gasteiger partial charge in [-0.1, -0.05) is 68.2 Å². The minimum absolute atomic E-state index is 0.331. The van der Waals surface area contributed by atoms with E-state index in [0.717, 1.165) is 38.5 Å². The lowest BCUT2D eigenvalue weighted by molar-refractivity contribution is -0.388. The fourth-order valence-electron chi connectivity index (χ4n) is 8.10. The Bertz CT molecular complexity index is 1700. The third-order valence-electron chi connectivity index (χ3n) is 11.2. The van der Waals surface area contributed by atoms with Crippen LogP contribution in [0.1, 0.15) is 118 Å². The van der Waals surface area contributed by atoms with Gasteiger partial charge in [-0.3, -0.25) is 0 Å². The van der Waals surface area contributed by atoms with Crippen LogP contribution >= 0.6 is 0 Å². The summed E-state index contributed by atoms with van der Waals surface area (Å²) in [6.45, 7) is 12.1. The van der Waals surface area contributed by atoms with E-state index in [2.05, 4.69) is 37.8 Å². The highest BCUT2D eigenvalue weighted by Gasteiger charge is 2.64. The number of hydrogen-bond donors (Lipinski definition) is 0. The topological polar surface area (TPSA) is 71.1 Å². The molecule has 0 aliphatic heterocycles. The number of esters is 2. The van der Waals surface area contributed by atoms with E-state index in [1.165, 1.54) is 11.1 Å². The summed E-state index contributed by atoms with van der Waals surface area (Å²) < 4.78 is 12.4. The summed E-state index contributed by atoms with van der Waals surface area (Å²) in [6, 6.07) is 24.5. The Kier molecular flexibility index (Phi) is 9.32. The van der Waals surface area contributed by atoms with Crippen molar-refractivity contribution in [3.05, 3.63) is 101 Å². The molecule has 4 unspecified atom stereocenters. The average Bonchev–Trinajstić information content (AvgIpc) is 3.39. The number of aryl methyl sites for hydroxylation is 1. The maximum atomic E-state index is 13.7. The summed E-state index contributed by atoms with van der Waals surface area (Å²) in [5.74, 6) is 7.95. The van der Waals surface area contributed by atoms with Gasteiger partial charge in [0.05, 0.1) is 16.7 Å². The lowest BCUT2D eigenvalue weighted by Gasteiger charge is -2.52. The molecular weight excluding hydrogens is 600 g/mol. The Balaban J connectivity index is 1.27. The minimum atomic E-state index is -0.966. The van der Waals surface area contributed by atoms with Crippen LogP contribution in [0.5, 0.6) is 5.75 Å². The number of hydrogen-bond acceptors (Lipinski definition) is 6. The van der Waals surface area contributed by atoms with Crippen molar-refractivity contribution < 1.29 is 28.8 Å². The molecule has 5 atom stereocenters. The smallest absolute Gasteiger partial charge is 0.343 e. The van der Waals surface area contributed by atoms with Crippen molar-refractivity contribution >= 4 is 11.9 Å². The molecule has 0 amide bonds. The van der Waals surface area contributed by atoms with E-state index in [1.54, 1.807) is 24.3 Å². The van der Waals surface area contributed by atoms with Gasteiger partial charge >= 0.3 is 11.9 Å². The van der Waals surface area contributed by atoms with E-state index < -0.39 is 16.8 Å². The fourth-order valence-corrected chi connectivity index (χ4v) is 8.10. The number of benzene rings is 3. The van der Waals surface area contributed by atoms with Crippen LogP contribution in [-0.4, -0.2) is 28.7 Å². The first kappa shape index (κ1) is 34.0. The zero-order valence-electron chi connectivity index (χ0n) is 29.1. The second-order valence-corrected chi connectivity index (χ2v) is 15.1. The third-order valence-corrected chi connectivity index (χ3v) is 11.2. The molecule has 3 aromatic rings. The van der Waals surface area contributed by atoms with E-state index in [-0.39, 0.29) is 17.4 Å². The Hall–Kier alpha value is -3.92. The number of carbonyl (C=O) groups is 2. The molecule has 3 aromatic carbocycles. The third kappa shape index (κ3) is 6.68. The molecule has 6 nitrogen and oxygen atoms in total. The second kappa shape index (κ2) is 13.2. The van der Waals surface area contributed by atoms with Crippen molar-refractivity contribution in [3.63, 3.8) is 0 Å². The molecule has 2 saturated carbocycles. The maximum absolute atomic E-state index is 13.7. The molecule has 0 heterocycles. The van der Waals surface area contributed by atoms with Crippen LogP contribution in [-0.2, 0) is 20.9 Å². The zero-order chi connectivity index (χ0) is 34.2. The highest BCUT2D eigenvalue weighted by molar-refractivity contribution is 5.91. The van der Waals surface area contributed by atoms with Crippen molar-refractivity contribution in [2.24, 2.45) is 17.3 Å². The van der Waals surface area contributed by atoms with Crippen LogP contribution < -0.4 is 4.74 Å². The standard InChI is InChI=1S/C42H48O6/c1-7-39(2,3)47-48-40(4,5)26-27-42(46-38(44)30-16-12-9-13-17-30)25-23-36-35-20-18-31-28-32(45-37(43)29-14-10-8-11-15-29)19-21-33(31)34(35)22-24-41(36,42)6/h8-17,19,21,28,34-36H,7,18,20,22-25H2,1-6H3/t34?,35?,36?,41-,42?/m0/s1. The Morgan fingerprint density at radius 1 is 0.833 bits per heavy atom. The van der Waals surface area contributed by atoms with Crippen LogP contribution in [0, 0.1) is 29.1 Å². The molecule has 3 aliphatic rings. The number of carbonyl (C=O) groups excluding carboxylic acids is 2. The van der Waals surface area contributed by atoms with E-state index in [1.807, 2.05) is 70.2 Å². The van der Waals surface area contributed by atoms with Gasteiger partial charge < -0.3 is 9.47 Å². The molecule has 0 radical (unpaired) electrons. The normalized spacial score (nSPS) is 26.2. The molecule has 0 bridgehead atoms. The quantitative estimate of drug-likeness (QED) is 0.0797. The highest BCUT2D eigenvalue weighted by atomic mass is 17.2. The van der Waals surface area contributed by atoms with Crippen molar-refractivity contribution in [3.8, 4) is 17.6 Å². The minimum Gasteiger partial charge on any atom is -0.442 e. The van der Waals surface area contributed by atoms with Gasteiger partial charge in [-0.05, 0) is 138 Å². The summed E-state index contributed by atoms with van der Waals surface area (Å²) in [7, 11) is 0. The largest absolute Gasteiger partial charge is 0.442 e. The summed E-state index contributed by atoms with van der Waals surface area (Å²) in [5.41, 5.74) is 1.01. The maximum Gasteiger partial charge on any atom is 0.343 e. The molecule has 0 N–H and O–H groups in total. The van der Waals surface area contributed by atoms with Gasteiger partial charge in [0.1, 0.15) is 5.75 Å². The first-order chi connectivity index (χ1) is 22.9. The first-order valence-electron chi connectivity index (χ1n) is 17.4. The van der Waals surface area contributed by atoms with Gasteiger partial charge in [-0.25, -0.2) is 19.4 Å². The SMILES string of the molecule is CCC(C)(C)OOC(C)(C)C#CC1(OC(=O)c2ccccc2)CCC2C3CCc4cc(OC(=O)c5ccccc5)ccc4C3CC[C@@]21C. The van der Waals surface area contributed by atoms with Crippen LogP contribution in [0.15, 0.2) is 78.9 Å². The van der Waals surface area contributed by atoms with Gasteiger partial charge in [0, 0.05) is 5.41 Å². The van der Waals surface area contributed by atoms with Crippen LogP contribution in [0.4, 0.5) is 0 Å². The summed E-state index contributed by atoms with van der Waals surface area (Å²) in [6.07, 6.45) is 6.17. The van der Waals surface area contributed by atoms with E-state index in [0.29, 0.717) is 41.1 Å². The van der Waals surface area contributed by atoms with Gasteiger partial charge in [0.2, 0.25) is 0 Å². The fraction of sp³-hybridized carbons (Fsp3) is 0.476. The molecule has 0 saturated heterocycles. The number of rotatable bonds is 8. The summed E-state index contributed by atoms with van der Waals surface area (Å²) in [4.78, 5) is 38.1. The number of ether oxygens (including phenoxy) is 2. The molecule has 252 valence electrons. The second-order valence-electron chi connectivity index (χ2n) is 15.1. The van der Waals surface area contributed by atoms with E-state index in [9.17, 15) is 9.59 Å². The van der Waals surface area contributed by atoms with Crippen LogP contribution in [0.25, 0.3) is 0 Å². The molecule has 3 aliphatic carbocycles. The van der Waals surface area contributed by atoms with E-state index in [4.69, 9.17) is 19.2 Å². The van der Waals surface area contributed by atoms with Crippen molar-refractivity contribution in [1.29, 1.82) is 0 Å². The average molecular weight is 649 g/mol. The predicted molar refractivity (Wildman–Crippen MR) is 185 cm³/mol. The van der Waals surface area contributed by atoms with Crippen molar-refractivity contribution in [2.45, 2.75) is 109 Å². The Labute approximate surface area is 285 Å². The molecule has 6 heteroatoms. The molecule has 0 spiro atoms. The van der Waals surface area contributed by atoms with Gasteiger partial charge in [-0.15, -0.1) is 0 Å². The highest BCUT2D eigenvalue weighted by Crippen LogP contribution is 2.65. The lowest BCUT2D eigenvalue weighted by Crippen LogP contribution is -2.52. The van der Waals surface area contributed by atoms with Crippen molar-refractivity contribution in [2.75, 3.05) is 0 Å². The van der Waals surface area contributed by atoms with Gasteiger partial charge in [-0.2, -0.15) is 0 Å². The van der Waals surface area contributed by atoms with Crippen LogP contribution in [0.2, 0.25) is 0 Å². The summed E-state index contributed by atoms with van der Waals surface area (Å²) in [5, 5.41) is 0. The zero-order valence-corrected chi connectivity index (χ0v) is 29.1. The van der Waals surface area contributed by atoms with Crippen LogP contribution in [0.3, 0.4) is 0 Å². The first-order valence-corrected chi connectivity index (χ1v) is 17.4. The van der Waals surface area contributed by atoms with Crippen molar-refractivity contribution in [1.82, 2.24) is 0 Å². The Morgan fingerprint density at radius 3 is 2.17 bits per heavy atom. The number of fused-ring (bicyclic) bond motifs is 5. The molecule has 2 fully saturated rings. The summed E-state index contributed by atoms with van der Waals surface area (Å²) >= 11 is 0. The monoisotopic (exact) mass is 648 g/mol. The predicted octanol–water partition coefficient (Wildman–Crippen LogP) is 9.28. The lowest BCUT2D eigenvalue weighted by atomic mass is 9.53. The molecule has 48 heavy (non-hydrogen) atoms. The van der Waals surface area contributed by atoms with E-state index >= 15 is 0 Å². The molecular formula is C42H48O6. The Morgan fingerprint density at radius 2 is 1.50 bits per heavy atom.